The average molecular weight is 210 g/mol. The highest BCUT2D eigenvalue weighted by molar-refractivity contribution is 7.13. The highest BCUT2D eigenvalue weighted by Crippen LogP contribution is 2.10. The lowest BCUT2D eigenvalue weighted by atomic mass is 10.6. The van der Waals surface area contributed by atoms with Crippen LogP contribution in [0.15, 0.2) is 11.6 Å². The lowest BCUT2D eigenvalue weighted by Gasteiger charge is -1.95. The van der Waals surface area contributed by atoms with Crippen molar-refractivity contribution >= 4 is 28.3 Å². The Hall–Kier alpha value is -1.96. The number of rotatable bonds is 2. The number of aromatic amines is 1. The monoisotopic (exact) mass is 210 g/mol. The largest absolute Gasteiger partial charge is 0.366 e. The molecule has 0 spiro atoms. The van der Waals surface area contributed by atoms with E-state index in [9.17, 15) is 4.79 Å². The molecular weight excluding hydrogens is 204 g/mol. The third-order valence-electron chi connectivity index (χ3n) is 1.37. The zero-order valence-corrected chi connectivity index (χ0v) is 7.71. The molecule has 2 aromatic rings. The molecule has 0 saturated heterocycles. The van der Waals surface area contributed by atoms with Crippen molar-refractivity contribution in [1.82, 2.24) is 20.2 Å². The first kappa shape index (κ1) is 8.63. The van der Waals surface area contributed by atoms with E-state index in [0.717, 1.165) is 0 Å². The molecule has 7 nitrogen and oxygen atoms in total. The van der Waals surface area contributed by atoms with Gasteiger partial charge in [0.05, 0.1) is 0 Å². The number of anilines is 2. The van der Waals surface area contributed by atoms with E-state index in [4.69, 9.17) is 5.73 Å². The van der Waals surface area contributed by atoms with Crippen molar-refractivity contribution in [1.29, 1.82) is 0 Å². The van der Waals surface area contributed by atoms with Crippen molar-refractivity contribution in [3.8, 4) is 0 Å². The zero-order chi connectivity index (χ0) is 9.97. The first-order valence-electron chi connectivity index (χ1n) is 3.64. The van der Waals surface area contributed by atoms with E-state index in [1.54, 1.807) is 11.6 Å². The second kappa shape index (κ2) is 3.42. The van der Waals surface area contributed by atoms with Gasteiger partial charge < -0.3 is 5.73 Å². The minimum atomic E-state index is -0.413. The highest BCUT2D eigenvalue weighted by Gasteiger charge is 2.11. The minimum Gasteiger partial charge on any atom is -0.366 e. The van der Waals surface area contributed by atoms with Crippen LogP contribution in [-0.4, -0.2) is 26.1 Å². The van der Waals surface area contributed by atoms with Crippen molar-refractivity contribution in [2.24, 2.45) is 0 Å². The molecule has 4 N–H and O–H groups in total. The van der Waals surface area contributed by atoms with Crippen LogP contribution in [0.2, 0.25) is 0 Å². The van der Waals surface area contributed by atoms with Crippen molar-refractivity contribution in [2.75, 3.05) is 11.1 Å². The van der Waals surface area contributed by atoms with Crippen LogP contribution in [0.3, 0.4) is 0 Å². The Morgan fingerprint density at radius 1 is 1.64 bits per heavy atom. The second-order valence-electron chi connectivity index (χ2n) is 2.33. The normalized spacial score (nSPS) is 10.0. The number of hydrogen-bond donors (Lipinski definition) is 3. The fourth-order valence-corrected chi connectivity index (χ4v) is 1.34. The molecule has 0 bridgehead atoms. The van der Waals surface area contributed by atoms with Crippen LogP contribution in [0.5, 0.6) is 0 Å². The number of nitrogens with one attached hydrogen (secondary N) is 2. The maximum absolute atomic E-state index is 11.4. The lowest BCUT2D eigenvalue weighted by Crippen LogP contribution is -2.13. The summed E-state index contributed by atoms with van der Waals surface area (Å²) in [5.41, 5.74) is 5.24. The number of aromatic nitrogens is 4. The van der Waals surface area contributed by atoms with E-state index in [2.05, 4.69) is 25.5 Å². The molecule has 0 radical (unpaired) electrons. The Bertz CT molecular complexity index is 435. The maximum atomic E-state index is 11.4. The van der Waals surface area contributed by atoms with Gasteiger partial charge in [0.15, 0.2) is 5.13 Å². The van der Waals surface area contributed by atoms with Gasteiger partial charge in [-0.1, -0.05) is 0 Å². The van der Waals surface area contributed by atoms with Crippen molar-refractivity contribution < 1.29 is 4.79 Å². The van der Waals surface area contributed by atoms with Crippen LogP contribution >= 0.6 is 11.3 Å². The Balaban J connectivity index is 2.10. The van der Waals surface area contributed by atoms with Crippen LogP contribution in [0.4, 0.5) is 11.1 Å². The number of thiazole rings is 1. The van der Waals surface area contributed by atoms with E-state index < -0.39 is 5.91 Å². The van der Waals surface area contributed by atoms with Gasteiger partial charge in [-0.2, -0.15) is 4.98 Å². The van der Waals surface area contributed by atoms with Crippen molar-refractivity contribution in [3.05, 3.63) is 17.4 Å². The van der Waals surface area contributed by atoms with Crippen molar-refractivity contribution in [2.45, 2.75) is 0 Å². The quantitative estimate of drug-likeness (QED) is 0.651. The fourth-order valence-electron chi connectivity index (χ4n) is 0.818. The Labute approximate surface area is 82.4 Å². The molecule has 0 aliphatic heterocycles. The van der Waals surface area contributed by atoms with Crippen LogP contribution in [-0.2, 0) is 0 Å². The third-order valence-corrected chi connectivity index (χ3v) is 2.06. The van der Waals surface area contributed by atoms with Crippen LogP contribution in [0.25, 0.3) is 0 Å². The molecule has 0 fully saturated rings. The topological polar surface area (TPSA) is 110 Å². The summed E-state index contributed by atoms with van der Waals surface area (Å²) in [6.07, 6.45) is 1.59. The van der Waals surface area contributed by atoms with Crippen LogP contribution < -0.4 is 11.1 Å². The highest BCUT2D eigenvalue weighted by atomic mass is 32.1. The molecule has 72 valence electrons. The second-order valence-corrected chi connectivity index (χ2v) is 3.23. The molecule has 0 saturated carbocycles. The number of carbonyl (C=O) groups is 1. The van der Waals surface area contributed by atoms with E-state index in [1.165, 1.54) is 11.3 Å². The van der Waals surface area contributed by atoms with E-state index >= 15 is 0 Å². The zero-order valence-electron chi connectivity index (χ0n) is 6.89. The molecule has 8 heteroatoms. The van der Waals surface area contributed by atoms with Crippen molar-refractivity contribution in [3.63, 3.8) is 0 Å². The standard InChI is InChI=1S/C6H6N6OS/c7-5-9-3(11-12-5)4(13)10-6-8-1-2-14-6/h1-2H,(H,8,10,13)(H3,7,9,11,12). The molecule has 0 aliphatic rings. The Morgan fingerprint density at radius 2 is 2.50 bits per heavy atom. The van der Waals surface area contributed by atoms with E-state index in [1.807, 2.05) is 0 Å². The summed E-state index contributed by atoms with van der Waals surface area (Å²) in [7, 11) is 0. The molecule has 0 unspecified atom stereocenters. The van der Waals surface area contributed by atoms with Gasteiger partial charge in [0.25, 0.3) is 5.91 Å². The Morgan fingerprint density at radius 3 is 3.07 bits per heavy atom. The molecule has 2 heterocycles. The molecular formula is C6H6N6OS. The maximum Gasteiger partial charge on any atom is 0.294 e. The van der Waals surface area contributed by atoms with Gasteiger partial charge in [0.2, 0.25) is 11.8 Å². The third kappa shape index (κ3) is 1.69. The minimum absolute atomic E-state index is 0.0364. The van der Waals surface area contributed by atoms with Gasteiger partial charge in [0, 0.05) is 11.6 Å². The SMILES string of the molecule is Nc1n[nH]c(C(=O)Nc2nccs2)n1. The number of H-pyrrole nitrogens is 1. The Kier molecular flexibility index (Phi) is 2.11. The van der Waals surface area contributed by atoms with Crippen LogP contribution in [0.1, 0.15) is 10.6 Å². The number of hydrogen-bond acceptors (Lipinski definition) is 6. The fraction of sp³-hybridized carbons (Fsp3) is 0. The van der Waals surface area contributed by atoms with Gasteiger partial charge >= 0.3 is 0 Å². The van der Waals surface area contributed by atoms with Gasteiger partial charge in [0.1, 0.15) is 0 Å². The predicted molar refractivity (Wildman–Crippen MR) is 50.9 cm³/mol. The molecule has 0 aliphatic carbocycles. The summed E-state index contributed by atoms with van der Waals surface area (Å²) in [4.78, 5) is 18.9. The number of carbonyl (C=O) groups excluding carboxylic acids is 1. The van der Waals surface area contributed by atoms with Gasteiger partial charge in [-0.05, 0) is 0 Å². The first-order valence-corrected chi connectivity index (χ1v) is 4.52. The number of nitrogens with zero attached hydrogens (tertiary/aromatic N) is 3. The van der Waals surface area contributed by atoms with Crippen LogP contribution in [0, 0.1) is 0 Å². The summed E-state index contributed by atoms with van der Waals surface area (Å²) >= 11 is 1.32. The van der Waals surface area contributed by atoms with Gasteiger partial charge in [-0.3, -0.25) is 15.2 Å². The van der Waals surface area contributed by atoms with E-state index in [-0.39, 0.29) is 11.8 Å². The lowest BCUT2D eigenvalue weighted by molar-refractivity contribution is 0.101. The predicted octanol–water partition coefficient (Wildman–Crippen LogP) is 0.0957. The summed E-state index contributed by atoms with van der Waals surface area (Å²) in [5, 5.41) is 10.7. The molecule has 2 aromatic heterocycles. The molecule has 0 atom stereocenters. The first-order chi connectivity index (χ1) is 6.75. The molecule has 14 heavy (non-hydrogen) atoms. The molecule has 1 amide bonds. The number of amides is 1. The summed E-state index contributed by atoms with van der Waals surface area (Å²) in [6.45, 7) is 0. The number of nitrogens with two attached hydrogens (primary N) is 1. The summed E-state index contributed by atoms with van der Waals surface area (Å²) in [5.74, 6) is -0.309. The van der Waals surface area contributed by atoms with Gasteiger partial charge in [-0.25, -0.2) is 4.98 Å². The van der Waals surface area contributed by atoms with E-state index in [0.29, 0.717) is 5.13 Å². The summed E-state index contributed by atoms with van der Waals surface area (Å²) < 4.78 is 0. The molecule has 0 aromatic carbocycles. The molecule has 2 rings (SSSR count). The average Bonchev–Trinajstić information content (AvgIpc) is 2.75. The summed E-state index contributed by atoms with van der Waals surface area (Å²) in [6, 6.07) is 0. The number of nitrogen functional groups attached to an aromatic ring is 1. The smallest absolute Gasteiger partial charge is 0.294 e. The van der Waals surface area contributed by atoms with Gasteiger partial charge in [-0.15, -0.1) is 16.4 Å².